The quantitative estimate of drug-likeness (QED) is 0.792. The summed E-state index contributed by atoms with van der Waals surface area (Å²) in [7, 11) is 1.91. The first kappa shape index (κ1) is 12.4. The van der Waals surface area contributed by atoms with Crippen molar-refractivity contribution in [1.29, 1.82) is 0 Å². The van der Waals surface area contributed by atoms with E-state index in [0.29, 0.717) is 18.4 Å². The number of hydrogen-bond acceptors (Lipinski definition) is 3. The highest BCUT2D eigenvalue weighted by atomic mass is 16.5. The molecule has 0 aromatic carbocycles. The fourth-order valence-electron chi connectivity index (χ4n) is 4.33. The zero-order valence-electron chi connectivity index (χ0n) is 12.0. The van der Waals surface area contributed by atoms with E-state index in [0.717, 1.165) is 18.3 Å². The van der Waals surface area contributed by atoms with E-state index in [9.17, 15) is 4.79 Å². The Morgan fingerprint density at radius 3 is 2.95 bits per heavy atom. The Labute approximate surface area is 119 Å². The number of aromatic nitrogens is 2. The Hall–Kier alpha value is -1.32. The monoisotopic (exact) mass is 274 g/mol. The maximum atomic E-state index is 12.1. The number of aryl methyl sites for hydroxylation is 1. The molecule has 0 saturated heterocycles. The lowest BCUT2D eigenvalue weighted by molar-refractivity contribution is -0.147. The molecular weight excluding hydrogens is 252 g/mol. The molecule has 4 nitrogen and oxygen atoms in total. The van der Waals surface area contributed by atoms with Gasteiger partial charge in [0, 0.05) is 19.2 Å². The summed E-state index contributed by atoms with van der Waals surface area (Å²) in [6.07, 6.45) is 10.2. The third-order valence-corrected chi connectivity index (χ3v) is 5.57. The van der Waals surface area contributed by atoms with Gasteiger partial charge in [-0.15, -0.1) is 0 Å². The number of rotatable bonds is 4. The summed E-state index contributed by atoms with van der Waals surface area (Å²) < 4.78 is 7.39. The van der Waals surface area contributed by atoms with E-state index in [1.165, 1.54) is 31.2 Å². The van der Waals surface area contributed by atoms with Crippen molar-refractivity contribution >= 4 is 5.97 Å². The normalized spacial score (nSPS) is 38.1. The molecule has 3 aliphatic carbocycles. The van der Waals surface area contributed by atoms with Crippen molar-refractivity contribution in [3.05, 3.63) is 18.0 Å². The standard InChI is InChI=1S/C16H22N2O2/c1-18-8-13(7-17-18)14-6-15(14)16(19)20-9-12-5-10-2-3-11(12)4-10/h7-8,10-12,14-15H,2-6,9H2,1H3/t10-,11-,12+,14-,15-/m0/s1. The molecule has 2 bridgehead atoms. The van der Waals surface area contributed by atoms with Gasteiger partial charge < -0.3 is 4.74 Å². The second-order valence-corrected chi connectivity index (χ2v) is 6.96. The molecule has 3 fully saturated rings. The van der Waals surface area contributed by atoms with Crippen molar-refractivity contribution < 1.29 is 9.53 Å². The summed E-state index contributed by atoms with van der Waals surface area (Å²) >= 11 is 0. The zero-order valence-corrected chi connectivity index (χ0v) is 12.0. The van der Waals surface area contributed by atoms with Crippen LogP contribution in [0.3, 0.4) is 0 Å². The minimum Gasteiger partial charge on any atom is -0.465 e. The summed E-state index contributed by atoms with van der Waals surface area (Å²) in [5, 5.41) is 4.17. The van der Waals surface area contributed by atoms with Gasteiger partial charge in [-0.25, -0.2) is 0 Å². The molecule has 5 atom stereocenters. The van der Waals surface area contributed by atoms with Gasteiger partial charge in [-0.3, -0.25) is 9.48 Å². The maximum Gasteiger partial charge on any atom is 0.309 e. The Kier molecular flexibility index (Phi) is 2.86. The van der Waals surface area contributed by atoms with Crippen molar-refractivity contribution in [2.75, 3.05) is 6.61 Å². The van der Waals surface area contributed by atoms with Crippen molar-refractivity contribution in [2.45, 2.75) is 38.0 Å². The number of hydrogen-bond donors (Lipinski definition) is 0. The van der Waals surface area contributed by atoms with Gasteiger partial charge in [-0.1, -0.05) is 6.42 Å². The molecule has 1 aromatic rings. The smallest absolute Gasteiger partial charge is 0.309 e. The van der Waals surface area contributed by atoms with Crippen molar-refractivity contribution in [3.8, 4) is 0 Å². The van der Waals surface area contributed by atoms with Gasteiger partial charge >= 0.3 is 5.97 Å². The number of ether oxygens (including phenoxy) is 1. The number of esters is 1. The number of nitrogens with zero attached hydrogens (tertiary/aromatic N) is 2. The van der Waals surface area contributed by atoms with Gasteiger partial charge in [0.1, 0.15) is 0 Å². The lowest BCUT2D eigenvalue weighted by Crippen LogP contribution is -2.20. The minimum absolute atomic E-state index is 0.0154. The predicted molar refractivity (Wildman–Crippen MR) is 74.0 cm³/mol. The molecule has 0 radical (unpaired) electrons. The Bertz CT molecular complexity index is 524. The molecule has 1 heterocycles. The molecule has 1 aromatic heterocycles. The number of carbonyl (C=O) groups is 1. The molecule has 0 aliphatic heterocycles. The first-order chi connectivity index (χ1) is 9.70. The van der Waals surface area contributed by atoms with Crippen LogP contribution in [0, 0.1) is 23.7 Å². The van der Waals surface area contributed by atoms with Crippen LogP contribution in [0.4, 0.5) is 0 Å². The van der Waals surface area contributed by atoms with Gasteiger partial charge in [0.05, 0.1) is 18.7 Å². The summed E-state index contributed by atoms with van der Waals surface area (Å²) in [5.41, 5.74) is 1.18. The van der Waals surface area contributed by atoms with Crippen LogP contribution in [0.25, 0.3) is 0 Å². The van der Waals surface area contributed by atoms with E-state index >= 15 is 0 Å². The van der Waals surface area contributed by atoms with Crippen LogP contribution in [-0.2, 0) is 16.6 Å². The van der Waals surface area contributed by atoms with Gasteiger partial charge in [0.15, 0.2) is 0 Å². The third-order valence-electron chi connectivity index (χ3n) is 5.57. The van der Waals surface area contributed by atoms with E-state index in [2.05, 4.69) is 5.10 Å². The lowest BCUT2D eigenvalue weighted by atomic mass is 9.89. The second-order valence-electron chi connectivity index (χ2n) is 6.96. The Balaban J connectivity index is 1.27. The lowest BCUT2D eigenvalue weighted by Gasteiger charge is -2.21. The van der Waals surface area contributed by atoms with Crippen LogP contribution < -0.4 is 0 Å². The summed E-state index contributed by atoms with van der Waals surface area (Å²) in [4.78, 5) is 12.1. The topological polar surface area (TPSA) is 44.1 Å². The Morgan fingerprint density at radius 1 is 1.40 bits per heavy atom. The molecule has 0 N–H and O–H groups in total. The van der Waals surface area contributed by atoms with E-state index in [1.54, 1.807) is 4.68 Å². The summed E-state index contributed by atoms with van der Waals surface area (Å²) in [6.45, 7) is 0.663. The molecule has 108 valence electrons. The predicted octanol–water partition coefficient (Wildman–Crippen LogP) is 2.50. The summed E-state index contributed by atoms with van der Waals surface area (Å²) in [5.74, 6) is 2.85. The molecule has 4 heteroatoms. The van der Waals surface area contributed by atoms with Crippen LogP contribution in [0.15, 0.2) is 12.4 Å². The van der Waals surface area contributed by atoms with Gasteiger partial charge in [0.2, 0.25) is 0 Å². The fraction of sp³-hybridized carbons (Fsp3) is 0.750. The largest absolute Gasteiger partial charge is 0.465 e. The van der Waals surface area contributed by atoms with Crippen molar-refractivity contribution in [2.24, 2.45) is 30.7 Å². The number of carbonyl (C=O) groups excluding carboxylic acids is 1. The van der Waals surface area contributed by atoms with Crippen molar-refractivity contribution in [3.63, 3.8) is 0 Å². The fourth-order valence-corrected chi connectivity index (χ4v) is 4.33. The highest BCUT2D eigenvalue weighted by Crippen LogP contribution is 2.50. The van der Waals surface area contributed by atoms with Crippen LogP contribution in [0.1, 0.15) is 43.6 Å². The molecule has 0 amide bonds. The first-order valence-corrected chi connectivity index (χ1v) is 7.86. The molecule has 3 saturated carbocycles. The molecular formula is C16H22N2O2. The maximum absolute atomic E-state index is 12.1. The molecule has 3 aliphatic rings. The highest BCUT2D eigenvalue weighted by molar-refractivity contribution is 5.77. The van der Waals surface area contributed by atoms with Crippen LogP contribution in [0.5, 0.6) is 0 Å². The third kappa shape index (κ3) is 2.15. The first-order valence-electron chi connectivity index (χ1n) is 7.86. The van der Waals surface area contributed by atoms with Crippen molar-refractivity contribution in [1.82, 2.24) is 9.78 Å². The van der Waals surface area contributed by atoms with Crippen LogP contribution >= 0.6 is 0 Å². The molecule has 20 heavy (non-hydrogen) atoms. The van der Waals surface area contributed by atoms with Crippen LogP contribution in [-0.4, -0.2) is 22.4 Å². The van der Waals surface area contributed by atoms with Gasteiger partial charge in [-0.05, 0) is 49.0 Å². The molecule has 4 rings (SSSR count). The highest BCUT2D eigenvalue weighted by Gasteiger charge is 2.46. The van der Waals surface area contributed by atoms with E-state index < -0.39 is 0 Å². The number of fused-ring (bicyclic) bond motifs is 2. The average molecular weight is 274 g/mol. The van der Waals surface area contributed by atoms with E-state index in [-0.39, 0.29) is 11.9 Å². The molecule has 0 spiro atoms. The van der Waals surface area contributed by atoms with E-state index in [1.807, 2.05) is 19.4 Å². The van der Waals surface area contributed by atoms with E-state index in [4.69, 9.17) is 4.74 Å². The minimum atomic E-state index is 0.0154. The SMILES string of the molecule is Cn1cc([C@@H]2C[C@@H]2C(=O)OC[C@H]2C[C@H]3CC[C@H]2C3)cn1. The second kappa shape index (κ2) is 4.61. The average Bonchev–Trinajstić information content (AvgIpc) is 2.78. The summed E-state index contributed by atoms with van der Waals surface area (Å²) in [6, 6.07) is 0. The molecule has 0 unspecified atom stereocenters. The zero-order chi connectivity index (χ0) is 13.7. The van der Waals surface area contributed by atoms with Crippen LogP contribution in [0.2, 0.25) is 0 Å². The van der Waals surface area contributed by atoms with Gasteiger partial charge in [-0.2, -0.15) is 5.10 Å². The Morgan fingerprint density at radius 2 is 2.30 bits per heavy atom. The van der Waals surface area contributed by atoms with Gasteiger partial charge in [0.25, 0.3) is 0 Å².